The van der Waals surface area contributed by atoms with Crippen molar-refractivity contribution in [3.8, 4) is 0 Å². The number of likely N-dealkylation sites (N-methyl/N-ethyl adjacent to an activating group) is 1. The van der Waals surface area contributed by atoms with Gasteiger partial charge in [-0.05, 0) is 33.4 Å². The first-order valence-electron chi connectivity index (χ1n) is 5.64. The fourth-order valence-corrected chi connectivity index (χ4v) is 1.85. The highest BCUT2D eigenvalue weighted by molar-refractivity contribution is 5.10. The maximum Gasteiger partial charge on any atom is 0.125 e. The summed E-state index contributed by atoms with van der Waals surface area (Å²) >= 11 is 0. The van der Waals surface area contributed by atoms with Gasteiger partial charge in [0.05, 0.1) is 0 Å². The molecule has 84 valence electrons. The summed E-state index contributed by atoms with van der Waals surface area (Å²) in [5.74, 6) is 0.872. The lowest BCUT2D eigenvalue weighted by molar-refractivity contribution is 0.508. The molecule has 1 aromatic heterocycles. The van der Waals surface area contributed by atoms with Crippen molar-refractivity contribution in [3.05, 3.63) is 23.3 Å². The van der Waals surface area contributed by atoms with Crippen LogP contribution in [-0.4, -0.2) is 23.1 Å². The molecule has 0 aromatic carbocycles. The largest absolute Gasteiger partial charge is 0.317 e. The molecule has 3 heteroatoms. The van der Waals surface area contributed by atoms with Crippen LogP contribution in [0.15, 0.2) is 6.07 Å². The standard InChI is InChI=1S/C12H21N3/c1-5-6-11(13-4)8-12-7-9(2)14-10(3)15-12/h7,11,13H,5-6,8H2,1-4H3. The molecule has 0 aliphatic rings. The lowest BCUT2D eigenvalue weighted by Crippen LogP contribution is -2.27. The third-order valence-electron chi connectivity index (χ3n) is 2.52. The second-order valence-corrected chi connectivity index (χ2v) is 4.03. The second kappa shape index (κ2) is 5.81. The third kappa shape index (κ3) is 3.96. The number of hydrogen-bond acceptors (Lipinski definition) is 3. The Bertz CT molecular complexity index is 289. The van der Waals surface area contributed by atoms with Crippen molar-refractivity contribution >= 4 is 0 Å². The summed E-state index contributed by atoms with van der Waals surface area (Å²) in [4.78, 5) is 8.73. The lowest BCUT2D eigenvalue weighted by Gasteiger charge is -2.14. The van der Waals surface area contributed by atoms with Gasteiger partial charge in [-0.15, -0.1) is 0 Å². The maximum absolute atomic E-state index is 4.45. The quantitative estimate of drug-likeness (QED) is 0.802. The van der Waals surface area contributed by atoms with Crippen LogP contribution in [0.5, 0.6) is 0 Å². The zero-order chi connectivity index (χ0) is 11.3. The van der Waals surface area contributed by atoms with Crippen molar-refractivity contribution in [1.82, 2.24) is 15.3 Å². The van der Waals surface area contributed by atoms with Crippen LogP contribution in [0.25, 0.3) is 0 Å². The minimum atomic E-state index is 0.531. The average Bonchev–Trinajstić information content (AvgIpc) is 2.15. The number of nitrogens with one attached hydrogen (secondary N) is 1. The zero-order valence-electron chi connectivity index (χ0n) is 10.2. The van der Waals surface area contributed by atoms with E-state index in [0.717, 1.165) is 23.6 Å². The van der Waals surface area contributed by atoms with E-state index in [1.54, 1.807) is 0 Å². The van der Waals surface area contributed by atoms with Gasteiger partial charge in [0.15, 0.2) is 0 Å². The highest BCUT2D eigenvalue weighted by Gasteiger charge is 2.07. The molecule has 3 nitrogen and oxygen atoms in total. The SMILES string of the molecule is CCCC(Cc1cc(C)nc(C)n1)NC. The molecule has 1 rings (SSSR count). The first-order valence-corrected chi connectivity index (χ1v) is 5.64. The van der Waals surface area contributed by atoms with Gasteiger partial charge < -0.3 is 5.32 Å². The van der Waals surface area contributed by atoms with Crippen molar-refractivity contribution in [2.75, 3.05) is 7.05 Å². The fraction of sp³-hybridized carbons (Fsp3) is 0.667. The molecule has 15 heavy (non-hydrogen) atoms. The van der Waals surface area contributed by atoms with Gasteiger partial charge in [-0.25, -0.2) is 9.97 Å². The molecule has 0 amide bonds. The molecule has 1 aromatic rings. The van der Waals surface area contributed by atoms with Crippen molar-refractivity contribution in [2.45, 2.75) is 46.1 Å². The fourth-order valence-electron chi connectivity index (χ4n) is 1.85. The van der Waals surface area contributed by atoms with Crippen LogP contribution in [0.4, 0.5) is 0 Å². The number of aryl methyl sites for hydroxylation is 2. The van der Waals surface area contributed by atoms with E-state index in [-0.39, 0.29) is 0 Å². The first-order chi connectivity index (χ1) is 7.15. The molecular weight excluding hydrogens is 186 g/mol. The predicted octanol–water partition coefficient (Wildman–Crippen LogP) is 2.02. The zero-order valence-corrected chi connectivity index (χ0v) is 10.2. The summed E-state index contributed by atoms with van der Waals surface area (Å²) in [6, 6.07) is 2.61. The summed E-state index contributed by atoms with van der Waals surface area (Å²) in [5.41, 5.74) is 2.21. The summed E-state index contributed by atoms with van der Waals surface area (Å²) < 4.78 is 0. The molecule has 1 heterocycles. The Hall–Kier alpha value is -0.960. The van der Waals surface area contributed by atoms with Crippen LogP contribution >= 0.6 is 0 Å². The van der Waals surface area contributed by atoms with E-state index in [1.807, 2.05) is 20.9 Å². The highest BCUT2D eigenvalue weighted by Crippen LogP contribution is 2.07. The topological polar surface area (TPSA) is 37.8 Å². The molecule has 0 saturated heterocycles. The molecule has 0 radical (unpaired) electrons. The van der Waals surface area contributed by atoms with Crippen LogP contribution in [-0.2, 0) is 6.42 Å². The Morgan fingerprint density at radius 1 is 1.33 bits per heavy atom. The third-order valence-corrected chi connectivity index (χ3v) is 2.52. The van der Waals surface area contributed by atoms with Gasteiger partial charge >= 0.3 is 0 Å². The van der Waals surface area contributed by atoms with E-state index in [0.29, 0.717) is 6.04 Å². The van der Waals surface area contributed by atoms with Gasteiger partial charge in [-0.1, -0.05) is 13.3 Å². The molecule has 0 aliphatic heterocycles. The van der Waals surface area contributed by atoms with E-state index in [2.05, 4.69) is 28.3 Å². The van der Waals surface area contributed by atoms with E-state index >= 15 is 0 Å². The molecule has 0 bridgehead atoms. The maximum atomic E-state index is 4.45. The van der Waals surface area contributed by atoms with Crippen LogP contribution in [0.3, 0.4) is 0 Å². The number of nitrogens with zero attached hydrogens (tertiary/aromatic N) is 2. The van der Waals surface area contributed by atoms with E-state index < -0.39 is 0 Å². The molecular formula is C12H21N3. The average molecular weight is 207 g/mol. The number of hydrogen-bond donors (Lipinski definition) is 1. The van der Waals surface area contributed by atoms with Crippen LogP contribution < -0.4 is 5.32 Å². The summed E-state index contributed by atoms with van der Waals surface area (Å²) in [5, 5.41) is 3.33. The van der Waals surface area contributed by atoms with Gasteiger partial charge in [0, 0.05) is 23.9 Å². The highest BCUT2D eigenvalue weighted by atomic mass is 14.9. The first kappa shape index (κ1) is 12.1. The van der Waals surface area contributed by atoms with Crippen LogP contribution in [0.2, 0.25) is 0 Å². The minimum Gasteiger partial charge on any atom is -0.317 e. The predicted molar refractivity (Wildman–Crippen MR) is 63.0 cm³/mol. The van der Waals surface area contributed by atoms with Gasteiger partial charge in [-0.2, -0.15) is 0 Å². The Morgan fingerprint density at radius 2 is 2.07 bits per heavy atom. The Kier molecular flexibility index (Phi) is 4.69. The number of rotatable bonds is 5. The molecule has 0 aliphatic carbocycles. The molecule has 0 spiro atoms. The molecule has 1 N–H and O–H groups in total. The smallest absolute Gasteiger partial charge is 0.125 e. The molecule has 0 fully saturated rings. The van der Waals surface area contributed by atoms with E-state index in [9.17, 15) is 0 Å². The Balaban J connectivity index is 2.69. The second-order valence-electron chi connectivity index (χ2n) is 4.03. The minimum absolute atomic E-state index is 0.531. The van der Waals surface area contributed by atoms with E-state index in [1.165, 1.54) is 12.8 Å². The molecule has 1 atom stereocenters. The Morgan fingerprint density at radius 3 is 2.60 bits per heavy atom. The molecule has 0 saturated carbocycles. The van der Waals surface area contributed by atoms with Crippen LogP contribution in [0, 0.1) is 13.8 Å². The van der Waals surface area contributed by atoms with Gasteiger partial charge in [0.25, 0.3) is 0 Å². The van der Waals surface area contributed by atoms with Crippen molar-refractivity contribution in [3.63, 3.8) is 0 Å². The normalized spacial score (nSPS) is 12.8. The van der Waals surface area contributed by atoms with E-state index in [4.69, 9.17) is 0 Å². The van der Waals surface area contributed by atoms with Gasteiger partial charge in [0.1, 0.15) is 5.82 Å². The van der Waals surface area contributed by atoms with Crippen molar-refractivity contribution < 1.29 is 0 Å². The van der Waals surface area contributed by atoms with Gasteiger partial charge in [0.2, 0.25) is 0 Å². The monoisotopic (exact) mass is 207 g/mol. The summed E-state index contributed by atoms with van der Waals surface area (Å²) in [6.07, 6.45) is 3.39. The molecule has 1 unspecified atom stereocenters. The van der Waals surface area contributed by atoms with Crippen molar-refractivity contribution in [1.29, 1.82) is 0 Å². The number of aromatic nitrogens is 2. The van der Waals surface area contributed by atoms with Crippen LogP contribution in [0.1, 0.15) is 37.0 Å². The van der Waals surface area contributed by atoms with Crippen molar-refractivity contribution in [2.24, 2.45) is 0 Å². The Labute approximate surface area is 92.3 Å². The summed E-state index contributed by atoms with van der Waals surface area (Å²) in [7, 11) is 2.02. The van der Waals surface area contributed by atoms with Gasteiger partial charge in [-0.3, -0.25) is 0 Å². The lowest BCUT2D eigenvalue weighted by atomic mass is 10.1. The summed E-state index contributed by atoms with van der Waals surface area (Å²) in [6.45, 7) is 6.18.